The number of hydrogen-bond donors (Lipinski definition) is 0. The first-order valence-electron chi connectivity index (χ1n) is 7.05. The third-order valence-electron chi connectivity index (χ3n) is 4.76. The van der Waals surface area contributed by atoms with E-state index in [1.165, 1.54) is 11.1 Å². The standard InChI is InChI=1S/C16H21ClN2O/c1-10-5-6-11-12(7-10)19(15(9-17)18-11)13-8-14(20-4)16(13,2)3/h5-7,13-14H,8-9H2,1-4H3. The van der Waals surface area contributed by atoms with Crippen LogP contribution in [-0.2, 0) is 10.6 Å². The van der Waals surface area contributed by atoms with Crippen molar-refractivity contribution in [3.63, 3.8) is 0 Å². The molecular weight excluding hydrogens is 272 g/mol. The fourth-order valence-electron chi connectivity index (χ4n) is 3.40. The van der Waals surface area contributed by atoms with Crippen molar-refractivity contribution in [2.75, 3.05) is 7.11 Å². The molecule has 0 amide bonds. The zero-order chi connectivity index (χ0) is 14.5. The Morgan fingerprint density at radius 3 is 2.80 bits per heavy atom. The molecule has 0 bridgehead atoms. The van der Waals surface area contributed by atoms with E-state index in [0.29, 0.717) is 18.0 Å². The van der Waals surface area contributed by atoms with E-state index in [1.54, 1.807) is 7.11 Å². The zero-order valence-electron chi connectivity index (χ0n) is 12.5. The zero-order valence-corrected chi connectivity index (χ0v) is 13.2. The predicted molar refractivity (Wildman–Crippen MR) is 82.3 cm³/mol. The second-order valence-corrected chi connectivity index (χ2v) is 6.59. The van der Waals surface area contributed by atoms with Gasteiger partial charge in [-0.25, -0.2) is 4.98 Å². The van der Waals surface area contributed by atoms with E-state index in [2.05, 4.69) is 48.5 Å². The molecule has 0 spiro atoms. The van der Waals surface area contributed by atoms with E-state index in [4.69, 9.17) is 16.3 Å². The summed E-state index contributed by atoms with van der Waals surface area (Å²) < 4.78 is 7.90. The van der Waals surface area contributed by atoms with Gasteiger partial charge in [-0.05, 0) is 31.0 Å². The van der Waals surface area contributed by atoms with Crippen molar-refractivity contribution >= 4 is 22.6 Å². The van der Waals surface area contributed by atoms with Gasteiger partial charge in [0.1, 0.15) is 5.82 Å². The second-order valence-electron chi connectivity index (χ2n) is 6.32. The van der Waals surface area contributed by atoms with Crippen molar-refractivity contribution < 1.29 is 4.74 Å². The van der Waals surface area contributed by atoms with Crippen LogP contribution in [0.25, 0.3) is 11.0 Å². The maximum Gasteiger partial charge on any atom is 0.125 e. The van der Waals surface area contributed by atoms with Gasteiger partial charge in [0.05, 0.1) is 23.0 Å². The molecule has 1 aromatic heterocycles. The number of alkyl halides is 1. The summed E-state index contributed by atoms with van der Waals surface area (Å²) in [5.74, 6) is 1.40. The molecule has 1 aromatic carbocycles. The van der Waals surface area contributed by atoms with Gasteiger partial charge in [-0.2, -0.15) is 0 Å². The van der Waals surface area contributed by atoms with Crippen molar-refractivity contribution in [2.24, 2.45) is 5.41 Å². The minimum absolute atomic E-state index is 0.104. The summed E-state index contributed by atoms with van der Waals surface area (Å²) in [6, 6.07) is 6.78. The molecule has 3 rings (SSSR count). The number of methoxy groups -OCH3 is 1. The third kappa shape index (κ3) is 1.87. The molecule has 20 heavy (non-hydrogen) atoms. The third-order valence-corrected chi connectivity index (χ3v) is 5.00. The number of halogens is 1. The predicted octanol–water partition coefficient (Wildman–Crippen LogP) is 4.07. The Balaban J connectivity index is 2.13. The highest BCUT2D eigenvalue weighted by Gasteiger charge is 2.50. The smallest absolute Gasteiger partial charge is 0.125 e. The van der Waals surface area contributed by atoms with Gasteiger partial charge in [-0.15, -0.1) is 11.6 Å². The van der Waals surface area contributed by atoms with E-state index >= 15 is 0 Å². The number of benzene rings is 1. The maximum absolute atomic E-state index is 6.12. The largest absolute Gasteiger partial charge is 0.381 e. The number of hydrogen-bond acceptors (Lipinski definition) is 2. The molecule has 2 atom stereocenters. The lowest BCUT2D eigenvalue weighted by Crippen LogP contribution is -2.51. The molecule has 1 fully saturated rings. The van der Waals surface area contributed by atoms with Crippen LogP contribution in [0.2, 0.25) is 0 Å². The molecule has 1 heterocycles. The van der Waals surface area contributed by atoms with Crippen LogP contribution in [0.3, 0.4) is 0 Å². The molecule has 1 aliphatic rings. The Bertz CT molecular complexity index is 647. The maximum atomic E-state index is 6.12. The van der Waals surface area contributed by atoms with Crippen LogP contribution in [0.5, 0.6) is 0 Å². The summed E-state index contributed by atoms with van der Waals surface area (Å²) in [7, 11) is 1.79. The highest BCUT2D eigenvalue weighted by molar-refractivity contribution is 6.16. The number of aryl methyl sites for hydroxylation is 1. The van der Waals surface area contributed by atoms with Gasteiger partial charge in [-0.3, -0.25) is 0 Å². The van der Waals surface area contributed by atoms with Crippen molar-refractivity contribution in [1.82, 2.24) is 9.55 Å². The van der Waals surface area contributed by atoms with Crippen LogP contribution in [0.4, 0.5) is 0 Å². The number of nitrogens with zero attached hydrogens (tertiary/aromatic N) is 2. The molecular formula is C16H21ClN2O. The lowest BCUT2D eigenvalue weighted by atomic mass is 9.64. The van der Waals surface area contributed by atoms with E-state index in [1.807, 2.05) is 0 Å². The Kier molecular flexibility index (Phi) is 3.30. The summed E-state index contributed by atoms with van der Waals surface area (Å²) >= 11 is 6.12. The van der Waals surface area contributed by atoms with E-state index < -0.39 is 0 Å². The average molecular weight is 293 g/mol. The lowest BCUT2D eigenvalue weighted by molar-refractivity contribution is -0.112. The van der Waals surface area contributed by atoms with Gasteiger partial charge in [0.2, 0.25) is 0 Å². The van der Waals surface area contributed by atoms with Crippen molar-refractivity contribution in [3.05, 3.63) is 29.6 Å². The summed E-state index contributed by atoms with van der Waals surface area (Å²) in [6.45, 7) is 6.63. The number of imidazole rings is 1. The highest BCUT2D eigenvalue weighted by atomic mass is 35.5. The first-order valence-corrected chi connectivity index (χ1v) is 7.58. The van der Waals surface area contributed by atoms with Gasteiger partial charge in [0.15, 0.2) is 0 Å². The minimum atomic E-state index is 0.104. The fourth-order valence-corrected chi connectivity index (χ4v) is 3.59. The topological polar surface area (TPSA) is 27.1 Å². The van der Waals surface area contributed by atoms with Crippen LogP contribution in [0.15, 0.2) is 18.2 Å². The van der Waals surface area contributed by atoms with Gasteiger partial charge in [-0.1, -0.05) is 19.9 Å². The van der Waals surface area contributed by atoms with Crippen LogP contribution >= 0.6 is 11.6 Å². The quantitative estimate of drug-likeness (QED) is 0.797. The molecule has 2 aromatic rings. The van der Waals surface area contributed by atoms with Crippen LogP contribution in [0.1, 0.15) is 37.7 Å². The first kappa shape index (κ1) is 13.9. The molecule has 1 aliphatic carbocycles. The number of ether oxygens (including phenoxy) is 1. The Morgan fingerprint density at radius 1 is 1.45 bits per heavy atom. The molecule has 108 valence electrons. The number of rotatable bonds is 3. The van der Waals surface area contributed by atoms with E-state index in [9.17, 15) is 0 Å². The van der Waals surface area contributed by atoms with Crippen molar-refractivity contribution in [2.45, 2.75) is 45.2 Å². The summed E-state index contributed by atoms with van der Waals surface area (Å²) in [5, 5.41) is 0. The highest BCUT2D eigenvalue weighted by Crippen LogP contribution is 2.52. The summed E-state index contributed by atoms with van der Waals surface area (Å²) in [4.78, 5) is 4.68. The van der Waals surface area contributed by atoms with Crippen LogP contribution < -0.4 is 0 Å². The molecule has 0 radical (unpaired) electrons. The minimum Gasteiger partial charge on any atom is -0.381 e. The van der Waals surface area contributed by atoms with Gasteiger partial charge >= 0.3 is 0 Å². The molecule has 0 aliphatic heterocycles. The number of fused-ring (bicyclic) bond motifs is 1. The molecule has 0 saturated heterocycles. The fraction of sp³-hybridized carbons (Fsp3) is 0.562. The van der Waals surface area contributed by atoms with Gasteiger partial charge in [0, 0.05) is 18.6 Å². The SMILES string of the molecule is COC1CC(n2c(CCl)nc3ccc(C)cc32)C1(C)C. The van der Waals surface area contributed by atoms with Gasteiger partial charge < -0.3 is 9.30 Å². The lowest BCUT2D eigenvalue weighted by Gasteiger charge is -2.52. The van der Waals surface area contributed by atoms with Crippen LogP contribution in [0, 0.1) is 12.3 Å². The van der Waals surface area contributed by atoms with E-state index in [0.717, 1.165) is 17.8 Å². The van der Waals surface area contributed by atoms with Gasteiger partial charge in [0.25, 0.3) is 0 Å². The Labute approximate surface area is 124 Å². The number of aromatic nitrogens is 2. The monoisotopic (exact) mass is 292 g/mol. The van der Waals surface area contributed by atoms with Crippen LogP contribution in [-0.4, -0.2) is 22.8 Å². The average Bonchev–Trinajstić information content (AvgIpc) is 2.76. The van der Waals surface area contributed by atoms with E-state index in [-0.39, 0.29) is 5.41 Å². The van der Waals surface area contributed by atoms with Crippen molar-refractivity contribution in [3.8, 4) is 0 Å². The normalized spacial score (nSPS) is 24.9. The molecule has 1 saturated carbocycles. The Hall–Kier alpha value is -1.06. The van der Waals surface area contributed by atoms with Crippen molar-refractivity contribution in [1.29, 1.82) is 0 Å². The molecule has 3 nitrogen and oxygen atoms in total. The first-order chi connectivity index (χ1) is 9.48. The summed E-state index contributed by atoms with van der Waals surface area (Å²) in [5.41, 5.74) is 3.57. The second kappa shape index (κ2) is 4.74. The molecule has 4 heteroatoms. The molecule has 2 unspecified atom stereocenters. The Morgan fingerprint density at radius 2 is 2.20 bits per heavy atom. The molecule has 0 N–H and O–H groups in total. The summed E-state index contributed by atoms with van der Waals surface area (Å²) in [6.07, 6.45) is 1.32.